The van der Waals surface area contributed by atoms with Crippen LogP contribution in [0.3, 0.4) is 0 Å². The number of hydrogen-bond acceptors (Lipinski definition) is 0. The van der Waals surface area contributed by atoms with Gasteiger partial charge in [0.25, 0.3) is 0 Å². The van der Waals surface area contributed by atoms with E-state index in [9.17, 15) is 0 Å². The monoisotopic (exact) mass is 377 g/mol. The number of halogens is 1. The molecule has 104 valence electrons. The minimum Gasteiger partial charge on any atom is -0.354 e. The van der Waals surface area contributed by atoms with Crippen LogP contribution < -0.4 is 0 Å². The van der Waals surface area contributed by atoms with Crippen LogP contribution in [0.4, 0.5) is 0 Å². The van der Waals surface area contributed by atoms with Crippen LogP contribution in [0.1, 0.15) is 38.2 Å². The second-order valence-electron chi connectivity index (χ2n) is 5.51. The number of aryl methyl sites for hydroxylation is 1. The van der Waals surface area contributed by atoms with Crippen LogP contribution >= 0.6 is 22.6 Å². The lowest BCUT2D eigenvalue weighted by Gasteiger charge is -2.02. The molecular formula is C18H20IN. The van der Waals surface area contributed by atoms with Crippen molar-refractivity contribution in [1.82, 2.24) is 4.98 Å². The normalized spacial score (nSPS) is 11.5. The second kappa shape index (κ2) is 6.17. The van der Waals surface area contributed by atoms with Crippen LogP contribution in [0.25, 0.3) is 21.8 Å². The number of benzene rings is 2. The Morgan fingerprint density at radius 3 is 2.65 bits per heavy atom. The Hall–Kier alpha value is -1.03. The van der Waals surface area contributed by atoms with Gasteiger partial charge in [-0.05, 0) is 65.3 Å². The van der Waals surface area contributed by atoms with E-state index in [1.807, 2.05) is 0 Å². The van der Waals surface area contributed by atoms with Crippen LogP contribution in [0.5, 0.6) is 0 Å². The molecule has 0 bridgehead atoms. The van der Waals surface area contributed by atoms with Crippen LogP contribution in [0, 0.1) is 3.57 Å². The van der Waals surface area contributed by atoms with Gasteiger partial charge in [0, 0.05) is 25.4 Å². The third-order valence-corrected chi connectivity index (χ3v) is 4.62. The molecular weight excluding hydrogens is 357 g/mol. The third kappa shape index (κ3) is 2.85. The quantitative estimate of drug-likeness (QED) is 0.412. The number of rotatable bonds is 5. The van der Waals surface area contributed by atoms with Crippen molar-refractivity contribution in [3.05, 3.63) is 45.5 Å². The average molecular weight is 377 g/mol. The van der Waals surface area contributed by atoms with Gasteiger partial charge in [0.1, 0.15) is 0 Å². The predicted octanol–water partition coefficient (Wildman–Crippen LogP) is 6.05. The SMILES string of the molecule is CCCCCCc1ccc2[nH]c3cc(I)ccc3c2c1. The molecule has 1 N–H and O–H groups in total. The molecule has 0 aliphatic heterocycles. The maximum atomic E-state index is 3.52. The van der Waals surface area contributed by atoms with Gasteiger partial charge in [-0.2, -0.15) is 0 Å². The zero-order chi connectivity index (χ0) is 13.9. The predicted molar refractivity (Wildman–Crippen MR) is 96.4 cm³/mol. The van der Waals surface area contributed by atoms with E-state index in [1.54, 1.807) is 0 Å². The van der Waals surface area contributed by atoms with Crippen molar-refractivity contribution in [3.63, 3.8) is 0 Å². The topological polar surface area (TPSA) is 15.8 Å². The summed E-state index contributed by atoms with van der Waals surface area (Å²) < 4.78 is 1.28. The molecule has 0 amide bonds. The fraction of sp³-hybridized carbons (Fsp3) is 0.333. The zero-order valence-electron chi connectivity index (χ0n) is 11.9. The molecule has 1 aromatic heterocycles. The van der Waals surface area contributed by atoms with E-state index in [-0.39, 0.29) is 0 Å². The lowest BCUT2D eigenvalue weighted by molar-refractivity contribution is 0.667. The Labute approximate surface area is 133 Å². The summed E-state index contributed by atoms with van der Waals surface area (Å²) in [7, 11) is 0. The summed E-state index contributed by atoms with van der Waals surface area (Å²) in [4.78, 5) is 3.52. The minimum absolute atomic E-state index is 1.20. The molecule has 3 rings (SSSR count). The maximum Gasteiger partial charge on any atom is 0.0475 e. The lowest BCUT2D eigenvalue weighted by Crippen LogP contribution is -1.85. The van der Waals surface area contributed by atoms with Crippen molar-refractivity contribution < 1.29 is 0 Å². The molecule has 0 atom stereocenters. The van der Waals surface area contributed by atoms with Crippen molar-refractivity contribution >= 4 is 44.4 Å². The van der Waals surface area contributed by atoms with E-state index in [0.717, 1.165) is 0 Å². The molecule has 3 aromatic rings. The summed E-state index contributed by atoms with van der Waals surface area (Å²) >= 11 is 2.37. The van der Waals surface area contributed by atoms with Gasteiger partial charge < -0.3 is 4.98 Å². The summed E-state index contributed by atoms with van der Waals surface area (Å²) in [6, 6.07) is 13.5. The smallest absolute Gasteiger partial charge is 0.0475 e. The molecule has 1 nitrogen and oxygen atoms in total. The second-order valence-corrected chi connectivity index (χ2v) is 6.75. The van der Waals surface area contributed by atoms with Crippen LogP contribution in [0.15, 0.2) is 36.4 Å². The van der Waals surface area contributed by atoms with E-state index in [4.69, 9.17) is 0 Å². The van der Waals surface area contributed by atoms with E-state index >= 15 is 0 Å². The van der Waals surface area contributed by atoms with Crippen LogP contribution in [0.2, 0.25) is 0 Å². The van der Waals surface area contributed by atoms with Crippen molar-refractivity contribution in [2.24, 2.45) is 0 Å². The highest BCUT2D eigenvalue weighted by atomic mass is 127. The molecule has 0 saturated heterocycles. The van der Waals surface area contributed by atoms with Crippen molar-refractivity contribution in [3.8, 4) is 0 Å². The van der Waals surface area contributed by atoms with Gasteiger partial charge in [0.05, 0.1) is 0 Å². The highest BCUT2D eigenvalue weighted by Gasteiger charge is 2.05. The molecule has 0 unspecified atom stereocenters. The fourth-order valence-electron chi connectivity index (χ4n) is 2.83. The fourth-order valence-corrected chi connectivity index (χ4v) is 3.33. The number of unbranched alkanes of at least 4 members (excludes halogenated alkanes) is 3. The lowest BCUT2D eigenvalue weighted by atomic mass is 10.0. The Morgan fingerprint density at radius 2 is 1.80 bits per heavy atom. The highest BCUT2D eigenvalue weighted by molar-refractivity contribution is 14.1. The first kappa shape index (κ1) is 13.9. The van der Waals surface area contributed by atoms with Crippen molar-refractivity contribution in [2.75, 3.05) is 0 Å². The third-order valence-electron chi connectivity index (χ3n) is 3.94. The summed E-state index contributed by atoms with van der Waals surface area (Å²) in [5.74, 6) is 0. The standard InChI is InChI=1S/C18H20IN/c1-2-3-4-5-6-13-7-10-17-16(11-13)15-9-8-14(19)12-18(15)20-17/h7-12,20H,2-6H2,1H3. The number of aromatic nitrogens is 1. The average Bonchev–Trinajstić information content (AvgIpc) is 2.80. The number of nitrogens with one attached hydrogen (secondary N) is 1. The number of hydrogen-bond donors (Lipinski definition) is 1. The molecule has 0 spiro atoms. The Bertz CT molecular complexity index is 727. The summed E-state index contributed by atoms with van der Waals surface area (Å²) in [6.45, 7) is 2.26. The van der Waals surface area contributed by atoms with Gasteiger partial charge in [-0.25, -0.2) is 0 Å². The highest BCUT2D eigenvalue weighted by Crippen LogP contribution is 2.27. The van der Waals surface area contributed by atoms with Crippen LogP contribution in [-0.2, 0) is 6.42 Å². The first-order chi connectivity index (χ1) is 9.78. The number of fused-ring (bicyclic) bond motifs is 3. The summed E-state index contributed by atoms with van der Waals surface area (Å²) in [6.07, 6.45) is 6.51. The van der Waals surface area contributed by atoms with E-state index in [2.05, 4.69) is 70.9 Å². The summed E-state index contributed by atoms with van der Waals surface area (Å²) in [5, 5.41) is 2.71. The molecule has 0 fully saturated rings. The van der Waals surface area contributed by atoms with Gasteiger partial charge in [-0.1, -0.05) is 38.3 Å². The van der Waals surface area contributed by atoms with Crippen molar-refractivity contribution in [2.45, 2.75) is 39.0 Å². The molecule has 0 saturated carbocycles. The van der Waals surface area contributed by atoms with Gasteiger partial charge in [-0.3, -0.25) is 0 Å². The molecule has 0 aliphatic rings. The Kier molecular flexibility index (Phi) is 4.29. The largest absolute Gasteiger partial charge is 0.354 e. The van der Waals surface area contributed by atoms with Crippen LogP contribution in [-0.4, -0.2) is 4.98 Å². The van der Waals surface area contributed by atoms with Gasteiger partial charge in [-0.15, -0.1) is 0 Å². The maximum absolute atomic E-state index is 3.52. The first-order valence-electron chi connectivity index (χ1n) is 7.48. The van der Waals surface area contributed by atoms with E-state index < -0.39 is 0 Å². The Morgan fingerprint density at radius 1 is 0.900 bits per heavy atom. The molecule has 2 heteroatoms. The first-order valence-corrected chi connectivity index (χ1v) is 8.55. The molecule has 0 aliphatic carbocycles. The van der Waals surface area contributed by atoms with E-state index in [1.165, 1.54) is 63.0 Å². The molecule has 0 radical (unpaired) electrons. The van der Waals surface area contributed by atoms with Gasteiger partial charge >= 0.3 is 0 Å². The number of aromatic amines is 1. The van der Waals surface area contributed by atoms with E-state index in [0.29, 0.717) is 0 Å². The summed E-state index contributed by atoms with van der Waals surface area (Å²) in [5.41, 5.74) is 3.96. The van der Waals surface area contributed by atoms with Gasteiger partial charge in [0.15, 0.2) is 0 Å². The Balaban J connectivity index is 1.91. The minimum atomic E-state index is 1.20. The molecule has 2 aromatic carbocycles. The van der Waals surface area contributed by atoms with Crippen molar-refractivity contribution in [1.29, 1.82) is 0 Å². The van der Waals surface area contributed by atoms with Gasteiger partial charge in [0.2, 0.25) is 0 Å². The molecule has 1 heterocycles. The number of H-pyrrole nitrogens is 1. The zero-order valence-corrected chi connectivity index (χ0v) is 14.0. The molecule has 20 heavy (non-hydrogen) atoms.